The molecular weight excluding hydrogens is 374 g/mol. The number of amides is 1. The van der Waals surface area contributed by atoms with Crippen LogP contribution in [0.4, 0.5) is 17.2 Å². The summed E-state index contributed by atoms with van der Waals surface area (Å²) in [6.45, 7) is 4.70. The maximum absolute atomic E-state index is 12.6. The predicted octanol–water partition coefficient (Wildman–Crippen LogP) is 3.49. The van der Waals surface area contributed by atoms with Crippen LogP contribution < -0.4 is 15.5 Å². The van der Waals surface area contributed by atoms with Gasteiger partial charge in [-0.3, -0.25) is 4.79 Å². The van der Waals surface area contributed by atoms with E-state index in [0.29, 0.717) is 12.1 Å². The van der Waals surface area contributed by atoms with Crippen LogP contribution >= 0.6 is 0 Å². The van der Waals surface area contributed by atoms with Gasteiger partial charge in [0.05, 0.1) is 23.1 Å². The third-order valence-corrected chi connectivity index (χ3v) is 5.93. The van der Waals surface area contributed by atoms with Crippen LogP contribution in [0.5, 0.6) is 0 Å². The van der Waals surface area contributed by atoms with E-state index in [1.54, 1.807) is 0 Å². The van der Waals surface area contributed by atoms with Crippen molar-refractivity contribution < 1.29 is 4.79 Å². The Hall–Kier alpha value is -3.38. The predicted molar refractivity (Wildman–Crippen MR) is 120 cm³/mol. The lowest BCUT2D eigenvalue weighted by Gasteiger charge is -2.33. The van der Waals surface area contributed by atoms with Gasteiger partial charge in [0.15, 0.2) is 0 Å². The molecular formula is C24H25N5O. The Kier molecular flexibility index (Phi) is 4.85. The molecule has 3 heterocycles. The number of rotatable bonds is 4. The van der Waals surface area contributed by atoms with E-state index >= 15 is 0 Å². The number of piperazine rings is 1. The van der Waals surface area contributed by atoms with E-state index in [-0.39, 0.29) is 5.91 Å². The van der Waals surface area contributed by atoms with Gasteiger partial charge in [-0.05, 0) is 41.9 Å². The van der Waals surface area contributed by atoms with Crippen molar-refractivity contribution in [3.63, 3.8) is 0 Å². The number of fused-ring (bicyclic) bond motifs is 1. The first kappa shape index (κ1) is 18.6. The molecule has 2 aliphatic heterocycles. The summed E-state index contributed by atoms with van der Waals surface area (Å²) in [6, 6.07) is 18.3. The van der Waals surface area contributed by atoms with Crippen molar-refractivity contribution in [3.05, 3.63) is 71.9 Å². The highest BCUT2D eigenvalue weighted by Crippen LogP contribution is 2.35. The smallest absolute Gasteiger partial charge is 0.254 e. The van der Waals surface area contributed by atoms with Crippen molar-refractivity contribution in [3.8, 4) is 11.1 Å². The van der Waals surface area contributed by atoms with Crippen LogP contribution in [0.1, 0.15) is 15.9 Å². The molecule has 1 saturated heterocycles. The van der Waals surface area contributed by atoms with E-state index in [0.717, 1.165) is 60.1 Å². The van der Waals surface area contributed by atoms with Crippen LogP contribution in [-0.4, -0.2) is 49.0 Å². The molecule has 0 radical (unpaired) electrons. The number of carbonyl (C=O) groups excluding carboxylic acids is 1. The van der Waals surface area contributed by atoms with Crippen LogP contribution in [0.2, 0.25) is 0 Å². The Balaban J connectivity index is 1.40. The molecule has 2 N–H and O–H groups in total. The summed E-state index contributed by atoms with van der Waals surface area (Å²) in [5, 5.41) is 6.32. The van der Waals surface area contributed by atoms with E-state index in [1.165, 1.54) is 0 Å². The van der Waals surface area contributed by atoms with Gasteiger partial charge in [0.1, 0.15) is 5.82 Å². The van der Waals surface area contributed by atoms with Crippen LogP contribution in [0.15, 0.2) is 60.8 Å². The molecule has 30 heavy (non-hydrogen) atoms. The number of likely N-dealkylation sites (N-methyl/N-ethyl adjacent to an activating group) is 1. The SMILES string of the molecule is CN1CCN(c2ccc(Nc3ccc(-c4ccccc4)c4c3C(=O)NC4)nc2)CC1. The van der Waals surface area contributed by atoms with Gasteiger partial charge in [-0.2, -0.15) is 0 Å². The standard InChI is InChI=1S/C24H25N5O/c1-28-11-13-29(14-12-28)18-7-10-22(25-15-18)27-21-9-8-19(17-5-3-2-4-6-17)20-16-26-24(30)23(20)21/h2-10,15H,11-14,16H2,1H3,(H,25,27)(H,26,30). The first-order valence-corrected chi connectivity index (χ1v) is 10.3. The summed E-state index contributed by atoms with van der Waals surface area (Å²) in [6.07, 6.45) is 1.91. The molecule has 0 spiro atoms. The Bertz CT molecular complexity index is 1060. The number of carbonyl (C=O) groups is 1. The van der Waals surface area contributed by atoms with Crippen molar-refractivity contribution in [2.24, 2.45) is 0 Å². The average Bonchev–Trinajstić information content (AvgIpc) is 3.18. The molecule has 6 heteroatoms. The quantitative estimate of drug-likeness (QED) is 0.703. The lowest BCUT2D eigenvalue weighted by Crippen LogP contribution is -2.44. The van der Waals surface area contributed by atoms with E-state index < -0.39 is 0 Å². The maximum atomic E-state index is 12.6. The number of nitrogens with one attached hydrogen (secondary N) is 2. The van der Waals surface area contributed by atoms with Crippen LogP contribution in [0.3, 0.4) is 0 Å². The molecule has 1 aromatic heterocycles. The van der Waals surface area contributed by atoms with Crippen LogP contribution in [0.25, 0.3) is 11.1 Å². The third-order valence-electron chi connectivity index (χ3n) is 5.93. The number of pyridine rings is 1. The Morgan fingerprint density at radius 3 is 2.50 bits per heavy atom. The minimum absolute atomic E-state index is 0.0423. The van der Waals surface area contributed by atoms with Gasteiger partial charge < -0.3 is 20.4 Å². The fraction of sp³-hybridized carbons (Fsp3) is 0.250. The zero-order valence-corrected chi connectivity index (χ0v) is 17.1. The van der Waals surface area contributed by atoms with Crippen molar-refractivity contribution >= 4 is 23.1 Å². The molecule has 0 bridgehead atoms. The topological polar surface area (TPSA) is 60.5 Å². The van der Waals surface area contributed by atoms with Gasteiger partial charge in [-0.1, -0.05) is 36.4 Å². The van der Waals surface area contributed by atoms with Gasteiger partial charge in [-0.25, -0.2) is 4.98 Å². The van der Waals surface area contributed by atoms with Crippen LogP contribution in [-0.2, 0) is 6.54 Å². The van der Waals surface area contributed by atoms with Crippen molar-refractivity contribution in [2.45, 2.75) is 6.54 Å². The lowest BCUT2D eigenvalue weighted by atomic mass is 9.95. The second kappa shape index (κ2) is 7.80. The number of hydrogen-bond acceptors (Lipinski definition) is 5. The van der Waals surface area contributed by atoms with Gasteiger partial charge in [0.25, 0.3) is 5.91 Å². The molecule has 3 aromatic rings. The largest absolute Gasteiger partial charge is 0.368 e. The zero-order chi connectivity index (χ0) is 20.5. The highest BCUT2D eigenvalue weighted by atomic mass is 16.1. The Morgan fingerprint density at radius 1 is 0.967 bits per heavy atom. The monoisotopic (exact) mass is 399 g/mol. The van der Waals surface area contributed by atoms with E-state index in [1.807, 2.05) is 36.5 Å². The zero-order valence-electron chi connectivity index (χ0n) is 17.1. The molecule has 0 aliphatic carbocycles. The number of hydrogen-bond donors (Lipinski definition) is 2. The minimum Gasteiger partial charge on any atom is -0.368 e. The third kappa shape index (κ3) is 3.50. The molecule has 5 rings (SSSR count). The van der Waals surface area contributed by atoms with Gasteiger partial charge in [0.2, 0.25) is 0 Å². The number of nitrogens with zero attached hydrogens (tertiary/aromatic N) is 3. The Morgan fingerprint density at radius 2 is 1.77 bits per heavy atom. The average molecular weight is 399 g/mol. The normalized spacial score (nSPS) is 16.3. The molecule has 1 amide bonds. The second-order valence-corrected chi connectivity index (χ2v) is 7.88. The molecule has 0 unspecified atom stereocenters. The minimum atomic E-state index is -0.0423. The molecule has 6 nitrogen and oxygen atoms in total. The maximum Gasteiger partial charge on any atom is 0.254 e. The summed E-state index contributed by atoms with van der Waals surface area (Å²) >= 11 is 0. The van der Waals surface area contributed by atoms with E-state index in [9.17, 15) is 4.79 Å². The lowest BCUT2D eigenvalue weighted by molar-refractivity contribution is 0.0966. The van der Waals surface area contributed by atoms with Crippen molar-refractivity contribution in [2.75, 3.05) is 43.4 Å². The summed E-state index contributed by atoms with van der Waals surface area (Å²) in [7, 11) is 2.15. The molecule has 0 saturated carbocycles. The van der Waals surface area contributed by atoms with Crippen LogP contribution in [0, 0.1) is 0 Å². The first-order valence-electron chi connectivity index (χ1n) is 10.3. The van der Waals surface area contributed by atoms with Gasteiger partial charge >= 0.3 is 0 Å². The molecule has 2 aromatic carbocycles. The summed E-state index contributed by atoms with van der Waals surface area (Å²) < 4.78 is 0. The summed E-state index contributed by atoms with van der Waals surface area (Å²) in [5.74, 6) is 0.696. The number of anilines is 3. The molecule has 0 atom stereocenters. The summed E-state index contributed by atoms with van der Waals surface area (Å²) in [5.41, 5.74) is 5.88. The second-order valence-electron chi connectivity index (χ2n) is 7.88. The first-order chi connectivity index (χ1) is 14.7. The molecule has 2 aliphatic rings. The summed E-state index contributed by atoms with van der Waals surface area (Å²) in [4.78, 5) is 21.9. The number of aromatic nitrogens is 1. The number of benzene rings is 2. The highest BCUT2D eigenvalue weighted by Gasteiger charge is 2.26. The van der Waals surface area contributed by atoms with Crippen molar-refractivity contribution in [1.82, 2.24) is 15.2 Å². The fourth-order valence-electron chi connectivity index (χ4n) is 4.19. The Labute approximate surface area is 176 Å². The van der Waals surface area contributed by atoms with E-state index in [4.69, 9.17) is 0 Å². The van der Waals surface area contributed by atoms with Crippen molar-refractivity contribution in [1.29, 1.82) is 0 Å². The van der Waals surface area contributed by atoms with E-state index in [2.05, 4.69) is 56.7 Å². The fourth-order valence-corrected chi connectivity index (χ4v) is 4.19. The van der Waals surface area contributed by atoms with Gasteiger partial charge in [-0.15, -0.1) is 0 Å². The highest BCUT2D eigenvalue weighted by molar-refractivity contribution is 6.06. The molecule has 152 valence electrons. The van der Waals surface area contributed by atoms with Gasteiger partial charge in [0, 0.05) is 32.7 Å². The molecule has 1 fully saturated rings.